The molecule has 0 radical (unpaired) electrons. The van der Waals surface area contributed by atoms with E-state index in [2.05, 4.69) is 51.3 Å². The van der Waals surface area contributed by atoms with Gasteiger partial charge >= 0.3 is 0 Å². The number of hydrogen-bond acceptors (Lipinski definition) is 0. The van der Waals surface area contributed by atoms with Crippen LogP contribution in [0.1, 0.15) is 38.7 Å². The number of rotatable bonds is 3. The molecule has 1 atom stereocenters. The molecule has 82 valence electrons. The second-order valence-electron chi connectivity index (χ2n) is 3.75. The van der Waals surface area contributed by atoms with Gasteiger partial charge < -0.3 is 0 Å². The van der Waals surface area contributed by atoms with Crippen LogP contribution < -0.4 is 0 Å². The van der Waals surface area contributed by atoms with E-state index in [9.17, 15) is 0 Å². The van der Waals surface area contributed by atoms with Crippen LogP contribution in [0.3, 0.4) is 0 Å². The summed E-state index contributed by atoms with van der Waals surface area (Å²) in [6.45, 7) is 13.7. The van der Waals surface area contributed by atoms with Crippen LogP contribution in [0.4, 0.5) is 0 Å². The molecule has 0 aliphatic carbocycles. The molecule has 0 N–H and O–H groups in total. The minimum atomic E-state index is 0.473. The zero-order chi connectivity index (χ0) is 11.7. The minimum Gasteiger partial charge on any atom is -0.102 e. The smallest absolute Gasteiger partial charge is 0.00131 e. The maximum Gasteiger partial charge on any atom is -0.00131 e. The van der Waals surface area contributed by atoms with Gasteiger partial charge in [0.05, 0.1) is 0 Å². The lowest BCUT2D eigenvalue weighted by Gasteiger charge is -2.03. The van der Waals surface area contributed by atoms with Crippen molar-refractivity contribution in [3.63, 3.8) is 0 Å². The molecule has 0 unspecified atom stereocenters. The highest BCUT2D eigenvalue weighted by molar-refractivity contribution is 5.21. The maximum absolute atomic E-state index is 3.74. The Balaban J connectivity index is 0.000000336. The lowest BCUT2D eigenvalue weighted by molar-refractivity contribution is 0.971. The van der Waals surface area contributed by atoms with Crippen molar-refractivity contribution >= 4 is 0 Å². The van der Waals surface area contributed by atoms with Gasteiger partial charge in [0.15, 0.2) is 0 Å². The first-order chi connectivity index (χ1) is 7.11. The zero-order valence-corrected chi connectivity index (χ0v) is 10.2. The van der Waals surface area contributed by atoms with Gasteiger partial charge in [0.1, 0.15) is 0 Å². The highest BCUT2D eigenvalue weighted by atomic mass is 14.0. The Kier molecular flexibility index (Phi) is 7.35. The van der Waals surface area contributed by atoms with Crippen LogP contribution in [0.5, 0.6) is 0 Å². The lowest BCUT2D eigenvalue weighted by Crippen LogP contribution is -1.85. The molecule has 1 aromatic carbocycles. The first-order valence-corrected chi connectivity index (χ1v) is 5.43. The fourth-order valence-electron chi connectivity index (χ4n) is 0.893. The van der Waals surface area contributed by atoms with Crippen LogP contribution in [0.2, 0.25) is 0 Å². The maximum atomic E-state index is 3.74. The molecule has 1 rings (SSSR count). The summed E-state index contributed by atoms with van der Waals surface area (Å²) < 4.78 is 0. The Morgan fingerprint density at radius 1 is 1.33 bits per heavy atom. The molecule has 0 amide bonds. The minimum absolute atomic E-state index is 0.473. The lowest BCUT2D eigenvalue weighted by atomic mass is 10.0. The summed E-state index contributed by atoms with van der Waals surface area (Å²) >= 11 is 0. The SMILES string of the molecule is C=C(C)CC.C=C[C@@H](C)c1ccccc1. The largest absolute Gasteiger partial charge is 0.102 e. The highest BCUT2D eigenvalue weighted by Gasteiger charge is 1.96. The average molecular weight is 202 g/mol. The quantitative estimate of drug-likeness (QED) is 0.608. The Hall–Kier alpha value is -1.30. The fourth-order valence-corrected chi connectivity index (χ4v) is 0.893. The molecule has 0 bridgehead atoms. The summed E-state index contributed by atoms with van der Waals surface area (Å²) in [7, 11) is 0. The van der Waals surface area contributed by atoms with Gasteiger partial charge in [-0.2, -0.15) is 0 Å². The van der Waals surface area contributed by atoms with Crippen molar-refractivity contribution in [3.8, 4) is 0 Å². The molecule has 0 spiro atoms. The van der Waals surface area contributed by atoms with Crippen molar-refractivity contribution in [3.05, 3.63) is 60.7 Å². The molecule has 0 nitrogen and oxygen atoms in total. The molecule has 0 aromatic heterocycles. The summed E-state index contributed by atoms with van der Waals surface area (Å²) in [5.41, 5.74) is 2.59. The molecule has 0 heteroatoms. The standard InChI is InChI=1S/C10H12.C5H10/c1-3-9(2)10-7-5-4-6-8-10;1-4-5(2)3/h3-9H,1H2,2H3;2,4H2,1,3H3/t9-;/m1./s1. The zero-order valence-electron chi connectivity index (χ0n) is 10.2. The fraction of sp³-hybridized carbons (Fsp3) is 0.333. The van der Waals surface area contributed by atoms with Crippen LogP contribution in [0.15, 0.2) is 55.1 Å². The second-order valence-corrected chi connectivity index (χ2v) is 3.75. The van der Waals surface area contributed by atoms with Gasteiger partial charge in [0, 0.05) is 0 Å². The van der Waals surface area contributed by atoms with Crippen LogP contribution in [0.25, 0.3) is 0 Å². The third-order valence-electron chi connectivity index (χ3n) is 2.28. The number of benzene rings is 1. The Bertz CT molecular complexity index is 282. The van der Waals surface area contributed by atoms with Crippen molar-refractivity contribution in [1.82, 2.24) is 0 Å². The predicted molar refractivity (Wildman–Crippen MR) is 70.2 cm³/mol. The summed E-state index contributed by atoms with van der Waals surface area (Å²) in [4.78, 5) is 0. The molecule has 0 aliphatic heterocycles. The van der Waals surface area contributed by atoms with Crippen molar-refractivity contribution in [2.45, 2.75) is 33.1 Å². The van der Waals surface area contributed by atoms with Gasteiger partial charge in [-0.05, 0) is 24.8 Å². The van der Waals surface area contributed by atoms with Gasteiger partial charge in [0.25, 0.3) is 0 Å². The third-order valence-corrected chi connectivity index (χ3v) is 2.28. The molecular formula is C15H22. The van der Waals surface area contributed by atoms with E-state index in [1.807, 2.05) is 19.1 Å². The van der Waals surface area contributed by atoms with E-state index in [1.54, 1.807) is 0 Å². The van der Waals surface area contributed by atoms with Gasteiger partial charge in [-0.3, -0.25) is 0 Å². The van der Waals surface area contributed by atoms with Crippen LogP contribution in [0, 0.1) is 0 Å². The third kappa shape index (κ3) is 6.73. The molecule has 0 heterocycles. The van der Waals surface area contributed by atoms with E-state index >= 15 is 0 Å². The molecule has 15 heavy (non-hydrogen) atoms. The van der Waals surface area contributed by atoms with E-state index in [-0.39, 0.29) is 0 Å². The van der Waals surface area contributed by atoms with E-state index in [1.165, 1.54) is 11.1 Å². The van der Waals surface area contributed by atoms with Gasteiger partial charge in [-0.25, -0.2) is 0 Å². The topological polar surface area (TPSA) is 0 Å². The predicted octanol–water partition coefficient (Wildman–Crippen LogP) is 4.95. The van der Waals surface area contributed by atoms with Crippen LogP contribution in [-0.2, 0) is 0 Å². The van der Waals surface area contributed by atoms with Gasteiger partial charge in [-0.15, -0.1) is 13.2 Å². The molecule has 1 aromatic rings. The van der Waals surface area contributed by atoms with Crippen molar-refractivity contribution in [1.29, 1.82) is 0 Å². The summed E-state index contributed by atoms with van der Waals surface area (Å²) in [5.74, 6) is 0.473. The monoisotopic (exact) mass is 202 g/mol. The summed E-state index contributed by atoms with van der Waals surface area (Å²) in [5, 5.41) is 0. The normalized spacial score (nSPS) is 10.9. The summed E-state index contributed by atoms with van der Waals surface area (Å²) in [6, 6.07) is 10.4. The van der Waals surface area contributed by atoms with Crippen LogP contribution in [-0.4, -0.2) is 0 Å². The van der Waals surface area contributed by atoms with E-state index in [4.69, 9.17) is 0 Å². The Labute approximate surface area is 94.3 Å². The molecule has 0 saturated carbocycles. The Morgan fingerprint density at radius 3 is 2.13 bits per heavy atom. The molecule has 0 fully saturated rings. The molecule has 0 aliphatic rings. The first kappa shape index (κ1) is 13.7. The molecular weight excluding hydrogens is 180 g/mol. The number of hydrogen-bond donors (Lipinski definition) is 0. The van der Waals surface area contributed by atoms with Gasteiger partial charge in [-0.1, -0.05) is 55.8 Å². The van der Waals surface area contributed by atoms with Crippen molar-refractivity contribution in [2.24, 2.45) is 0 Å². The number of allylic oxidation sites excluding steroid dienone is 2. The second kappa shape index (κ2) is 8.05. The van der Waals surface area contributed by atoms with E-state index in [0.717, 1.165) is 6.42 Å². The van der Waals surface area contributed by atoms with E-state index < -0.39 is 0 Å². The van der Waals surface area contributed by atoms with E-state index in [0.29, 0.717) is 5.92 Å². The summed E-state index contributed by atoms with van der Waals surface area (Å²) in [6.07, 6.45) is 3.06. The first-order valence-electron chi connectivity index (χ1n) is 5.43. The molecule has 0 saturated heterocycles. The Morgan fingerprint density at radius 2 is 1.80 bits per heavy atom. The van der Waals surface area contributed by atoms with Crippen LogP contribution >= 0.6 is 0 Å². The van der Waals surface area contributed by atoms with Crippen molar-refractivity contribution < 1.29 is 0 Å². The van der Waals surface area contributed by atoms with Gasteiger partial charge in [0.2, 0.25) is 0 Å². The highest BCUT2D eigenvalue weighted by Crippen LogP contribution is 2.14. The van der Waals surface area contributed by atoms with Crippen molar-refractivity contribution in [2.75, 3.05) is 0 Å². The average Bonchev–Trinajstić information content (AvgIpc) is 2.30.